The third kappa shape index (κ3) is 2.64. The molecule has 2 N–H and O–H groups in total. The summed E-state index contributed by atoms with van der Waals surface area (Å²) in [4.78, 5) is 35.7. The van der Waals surface area contributed by atoms with Crippen molar-refractivity contribution >= 4 is 23.6 Å². The van der Waals surface area contributed by atoms with E-state index in [-0.39, 0.29) is 12.8 Å². The highest BCUT2D eigenvalue weighted by atomic mass is 16.4. The molecule has 1 aromatic rings. The number of aliphatic carboxylic acids is 1. The lowest BCUT2D eigenvalue weighted by molar-refractivity contribution is -0.137. The molecule has 0 saturated carbocycles. The molecule has 1 heterocycles. The molecule has 0 unspecified atom stereocenters. The minimum atomic E-state index is -0.989. The molecular formula is C14H16N2O4. The predicted molar refractivity (Wildman–Crippen MR) is 72.6 cm³/mol. The number of carboxylic acid groups (broad SMARTS) is 1. The van der Waals surface area contributed by atoms with Gasteiger partial charge in [0, 0.05) is 6.42 Å². The van der Waals surface area contributed by atoms with E-state index in [4.69, 9.17) is 5.11 Å². The van der Waals surface area contributed by atoms with Gasteiger partial charge in [0.1, 0.15) is 6.04 Å². The van der Waals surface area contributed by atoms with Crippen LogP contribution in [-0.4, -0.2) is 29.1 Å². The van der Waals surface area contributed by atoms with Gasteiger partial charge < -0.3 is 10.4 Å². The van der Waals surface area contributed by atoms with E-state index in [9.17, 15) is 14.4 Å². The zero-order valence-corrected chi connectivity index (χ0v) is 11.3. The molecule has 1 fully saturated rings. The van der Waals surface area contributed by atoms with Crippen molar-refractivity contribution < 1.29 is 19.5 Å². The first-order valence-electron chi connectivity index (χ1n) is 6.33. The van der Waals surface area contributed by atoms with Gasteiger partial charge in [-0.05, 0) is 43.5 Å². The fraction of sp³-hybridized carbons (Fsp3) is 0.357. The molecule has 1 aliphatic rings. The zero-order valence-electron chi connectivity index (χ0n) is 11.3. The molecule has 1 aliphatic heterocycles. The van der Waals surface area contributed by atoms with Crippen LogP contribution in [0.2, 0.25) is 0 Å². The van der Waals surface area contributed by atoms with E-state index in [1.807, 2.05) is 19.9 Å². The Bertz CT molecular complexity index is 583. The molecule has 20 heavy (non-hydrogen) atoms. The second-order valence-electron chi connectivity index (χ2n) is 4.88. The van der Waals surface area contributed by atoms with Crippen LogP contribution in [0.3, 0.4) is 0 Å². The van der Waals surface area contributed by atoms with Crippen LogP contribution in [0.25, 0.3) is 0 Å². The van der Waals surface area contributed by atoms with Gasteiger partial charge in [-0.15, -0.1) is 0 Å². The van der Waals surface area contributed by atoms with Gasteiger partial charge in [0.05, 0.1) is 5.69 Å². The first-order chi connectivity index (χ1) is 9.40. The minimum Gasteiger partial charge on any atom is -0.481 e. The molecule has 0 aliphatic carbocycles. The van der Waals surface area contributed by atoms with E-state index in [0.717, 1.165) is 16.0 Å². The van der Waals surface area contributed by atoms with Crippen molar-refractivity contribution in [2.75, 3.05) is 4.90 Å². The quantitative estimate of drug-likeness (QED) is 0.818. The summed E-state index contributed by atoms with van der Waals surface area (Å²) in [5.74, 6) is -1.39. The second kappa shape index (κ2) is 5.32. The molecule has 6 nitrogen and oxygen atoms in total. The maximum atomic E-state index is 12.2. The average molecular weight is 276 g/mol. The number of carboxylic acids is 1. The third-order valence-electron chi connectivity index (χ3n) is 3.41. The minimum absolute atomic E-state index is 0.0985. The van der Waals surface area contributed by atoms with Gasteiger partial charge in [0.2, 0.25) is 0 Å². The van der Waals surface area contributed by atoms with E-state index < -0.39 is 23.9 Å². The number of anilines is 1. The van der Waals surface area contributed by atoms with E-state index in [2.05, 4.69) is 5.32 Å². The largest absolute Gasteiger partial charge is 0.481 e. The van der Waals surface area contributed by atoms with E-state index in [1.165, 1.54) is 0 Å². The molecule has 106 valence electrons. The fourth-order valence-corrected chi connectivity index (χ4v) is 2.10. The number of imide groups is 1. The summed E-state index contributed by atoms with van der Waals surface area (Å²) >= 11 is 0. The lowest BCUT2D eigenvalue weighted by Crippen LogP contribution is -2.31. The summed E-state index contributed by atoms with van der Waals surface area (Å²) in [7, 11) is 0. The lowest BCUT2D eigenvalue weighted by atomic mass is 10.1. The summed E-state index contributed by atoms with van der Waals surface area (Å²) in [6, 6.07) is 4.05. The number of benzene rings is 1. The number of hydrogen-bond donors (Lipinski definition) is 2. The van der Waals surface area contributed by atoms with Crippen LogP contribution in [0.5, 0.6) is 0 Å². The Morgan fingerprint density at radius 2 is 2.00 bits per heavy atom. The summed E-state index contributed by atoms with van der Waals surface area (Å²) in [5.41, 5.74) is 2.56. The van der Waals surface area contributed by atoms with Crippen molar-refractivity contribution in [1.29, 1.82) is 0 Å². The highest BCUT2D eigenvalue weighted by Crippen LogP contribution is 2.23. The van der Waals surface area contributed by atoms with Crippen molar-refractivity contribution in [1.82, 2.24) is 5.32 Å². The van der Waals surface area contributed by atoms with Crippen molar-refractivity contribution in [2.45, 2.75) is 32.7 Å². The first kappa shape index (κ1) is 14.0. The number of rotatable bonds is 4. The maximum absolute atomic E-state index is 12.2. The Balaban J connectivity index is 2.20. The highest BCUT2D eigenvalue weighted by molar-refractivity contribution is 6.21. The van der Waals surface area contributed by atoms with Crippen molar-refractivity contribution in [2.24, 2.45) is 0 Å². The fourth-order valence-electron chi connectivity index (χ4n) is 2.10. The molecule has 1 aromatic carbocycles. The number of nitrogens with one attached hydrogen (secondary N) is 1. The van der Waals surface area contributed by atoms with Crippen LogP contribution < -0.4 is 10.2 Å². The van der Waals surface area contributed by atoms with Crippen LogP contribution in [0, 0.1) is 13.8 Å². The second-order valence-corrected chi connectivity index (χ2v) is 4.88. The van der Waals surface area contributed by atoms with Gasteiger partial charge in [-0.3, -0.25) is 9.59 Å². The zero-order chi connectivity index (χ0) is 14.9. The number of carbonyl (C=O) groups excluding carboxylic acids is 2. The normalized spacial score (nSPS) is 18.3. The summed E-state index contributed by atoms with van der Waals surface area (Å²) in [6.45, 7) is 3.85. The molecule has 2 rings (SSSR count). The molecule has 6 heteroatoms. The van der Waals surface area contributed by atoms with Crippen LogP contribution in [0.4, 0.5) is 10.5 Å². The number of urea groups is 1. The summed E-state index contributed by atoms with van der Waals surface area (Å²) in [5, 5.41) is 11.2. The summed E-state index contributed by atoms with van der Waals surface area (Å²) in [6.07, 6.45) is -0.0568. The van der Waals surface area contributed by atoms with Gasteiger partial charge in [-0.25, -0.2) is 9.69 Å². The third-order valence-corrected chi connectivity index (χ3v) is 3.41. The number of amides is 3. The lowest BCUT2D eigenvalue weighted by Gasteiger charge is -2.14. The SMILES string of the molecule is Cc1ccc(N2C(=O)N[C@@H](CCC(=O)O)C2=O)cc1C. The monoisotopic (exact) mass is 276 g/mol. The number of carbonyl (C=O) groups is 3. The summed E-state index contributed by atoms with van der Waals surface area (Å²) < 4.78 is 0. The molecule has 0 spiro atoms. The van der Waals surface area contributed by atoms with Gasteiger partial charge in [-0.2, -0.15) is 0 Å². The van der Waals surface area contributed by atoms with Crippen molar-refractivity contribution in [3.63, 3.8) is 0 Å². The smallest absolute Gasteiger partial charge is 0.329 e. The Hall–Kier alpha value is -2.37. The standard InChI is InChI=1S/C14H16N2O4/c1-8-3-4-10(7-9(8)2)16-13(19)11(15-14(16)20)5-6-12(17)18/h3-4,7,11H,5-6H2,1-2H3,(H,15,20)(H,17,18)/t11-/m0/s1. The van der Waals surface area contributed by atoms with Gasteiger partial charge in [-0.1, -0.05) is 6.07 Å². The van der Waals surface area contributed by atoms with E-state index >= 15 is 0 Å². The van der Waals surface area contributed by atoms with Crippen LogP contribution in [0.15, 0.2) is 18.2 Å². The maximum Gasteiger partial charge on any atom is 0.329 e. The molecule has 0 bridgehead atoms. The Morgan fingerprint density at radius 3 is 2.60 bits per heavy atom. The topological polar surface area (TPSA) is 86.7 Å². The van der Waals surface area contributed by atoms with Gasteiger partial charge in [0.25, 0.3) is 5.91 Å². The Kier molecular flexibility index (Phi) is 3.74. The first-order valence-corrected chi connectivity index (χ1v) is 6.33. The Labute approximate surface area is 116 Å². The van der Waals surface area contributed by atoms with Crippen LogP contribution in [-0.2, 0) is 9.59 Å². The molecule has 0 aromatic heterocycles. The number of aryl methyl sites for hydroxylation is 2. The van der Waals surface area contributed by atoms with Crippen molar-refractivity contribution in [3.05, 3.63) is 29.3 Å². The molecule has 1 atom stereocenters. The van der Waals surface area contributed by atoms with Crippen LogP contribution in [0.1, 0.15) is 24.0 Å². The average Bonchev–Trinajstić information content (AvgIpc) is 2.65. The van der Waals surface area contributed by atoms with Gasteiger partial charge in [0.15, 0.2) is 0 Å². The molecule has 3 amide bonds. The van der Waals surface area contributed by atoms with Crippen LogP contribution >= 0.6 is 0 Å². The number of nitrogens with zero attached hydrogens (tertiary/aromatic N) is 1. The van der Waals surface area contributed by atoms with E-state index in [1.54, 1.807) is 12.1 Å². The Morgan fingerprint density at radius 1 is 1.30 bits per heavy atom. The molecular weight excluding hydrogens is 260 g/mol. The number of hydrogen-bond acceptors (Lipinski definition) is 3. The predicted octanol–water partition coefficient (Wildman–Crippen LogP) is 1.59. The highest BCUT2D eigenvalue weighted by Gasteiger charge is 2.38. The van der Waals surface area contributed by atoms with Crippen molar-refractivity contribution in [3.8, 4) is 0 Å². The molecule has 1 saturated heterocycles. The molecule has 0 radical (unpaired) electrons. The van der Waals surface area contributed by atoms with Gasteiger partial charge >= 0.3 is 12.0 Å². The van der Waals surface area contributed by atoms with E-state index in [0.29, 0.717) is 5.69 Å².